The summed E-state index contributed by atoms with van der Waals surface area (Å²) in [5.74, 6) is -0.0650. The molecule has 0 aromatic carbocycles. The number of rotatable bonds is 2. The first kappa shape index (κ1) is 9.69. The summed E-state index contributed by atoms with van der Waals surface area (Å²) in [6, 6.07) is 0.322. The van der Waals surface area contributed by atoms with Crippen molar-refractivity contribution in [2.24, 2.45) is 0 Å². The lowest BCUT2D eigenvalue weighted by atomic mass is 10.5. The lowest BCUT2D eigenvalue weighted by molar-refractivity contribution is -0.275. The van der Waals surface area contributed by atoms with Crippen LogP contribution in [0, 0.1) is 5.41 Å². The molecule has 0 atom stereocenters. The number of hydrogen-bond acceptors (Lipinski definition) is 5. The fourth-order valence-corrected chi connectivity index (χ4v) is 1.80. The van der Waals surface area contributed by atoms with Crippen molar-refractivity contribution in [2.45, 2.75) is 25.8 Å². The predicted octanol–water partition coefficient (Wildman–Crippen LogP) is -0.171. The molecule has 0 spiro atoms. The van der Waals surface area contributed by atoms with Crippen molar-refractivity contribution in [1.29, 1.82) is 5.41 Å². The largest absolute Gasteiger partial charge is 0.446 e. The van der Waals surface area contributed by atoms with Gasteiger partial charge >= 0.3 is 10.4 Å². The highest BCUT2D eigenvalue weighted by atomic mass is 32.3. The Hall–Kier alpha value is -0.860. The van der Waals surface area contributed by atoms with Crippen molar-refractivity contribution >= 4 is 16.4 Å². The minimum absolute atomic E-state index is 0.0650. The number of nitrogens with one attached hydrogen (secondary N) is 1. The lowest BCUT2D eigenvalue weighted by Gasteiger charge is -2.33. The molecule has 8 heteroatoms. The third-order valence-electron chi connectivity index (χ3n) is 2.09. The molecule has 0 bridgehead atoms. The molecule has 1 aliphatic carbocycles. The number of nitrogens with zero attached hydrogens (tertiary/aromatic N) is 2. The van der Waals surface area contributed by atoms with Crippen LogP contribution in [0.25, 0.3) is 0 Å². The van der Waals surface area contributed by atoms with E-state index in [9.17, 15) is 8.42 Å². The van der Waals surface area contributed by atoms with Gasteiger partial charge in [-0.1, -0.05) is 13.8 Å². The molecule has 1 saturated carbocycles. The Kier molecular flexibility index (Phi) is 2.13. The molecular formula is C6H11N3O4S. The fraction of sp³-hybridized carbons (Fsp3) is 0.833. The SMILES string of the molecule is CCN(C(=N)N1OS(=O)(=O)O1)C1CC1. The van der Waals surface area contributed by atoms with Gasteiger partial charge in [0.15, 0.2) is 0 Å². The minimum Gasteiger partial charge on any atom is -0.337 e. The zero-order chi connectivity index (χ0) is 10.3. The van der Waals surface area contributed by atoms with Gasteiger partial charge in [-0.2, -0.15) is 8.42 Å². The highest BCUT2D eigenvalue weighted by Crippen LogP contribution is 2.29. The first-order valence-corrected chi connectivity index (χ1v) is 5.66. The molecule has 1 aliphatic heterocycles. The third-order valence-corrected chi connectivity index (χ3v) is 2.73. The molecule has 0 unspecified atom stereocenters. The summed E-state index contributed by atoms with van der Waals surface area (Å²) in [5, 5.41) is 8.20. The summed E-state index contributed by atoms with van der Waals surface area (Å²) in [6.45, 7) is 2.52. The van der Waals surface area contributed by atoms with E-state index in [4.69, 9.17) is 5.41 Å². The second-order valence-electron chi connectivity index (χ2n) is 3.16. The van der Waals surface area contributed by atoms with E-state index in [-0.39, 0.29) is 5.96 Å². The molecule has 2 aliphatic rings. The monoisotopic (exact) mass is 221 g/mol. The van der Waals surface area contributed by atoms with Crippen molar-refractivity contribution in [3.63, 3.8) is 0 Å². The highest BCUT2D eigenvalue weighted by Gasteiger charge is 2.42. The number of guanidine groups is 1. The normalized spacial score (nSPS) is 24.2. The van der Waals surface area contributed by atoms with Crippen LogP contribution in [-0.4, -0.2) is 37.1 Å². The van der Waals surface area contributed by atoms with Crippen molar-refractivity contribution in [3.8, 4) is 0 Å². The summed E-state index contributed by atoms with van der Waals surface area (Å²) in [4.78, 5) is 1.73. The first-order chi connectivity index (χ1) is 6.53. The van der Waals surface area contributed by atoms with Crippen molar-refractivity contribution in [3.05, 3.63) is 0 Å². The zero-order valence-electron chi connectivity index (χ0n) is 7.63. The Bertz CT molecular complexity index is 338. The van der Waals surface area contributed by atoms with Gasteiger partial charge in [-0.25, -0.2) is 0 Å². The first-order valence-electron chi connectivity index (χ1n) is 4.33. The molecule has 2 rings (SSSR count). The topological polar surface area (TPSA) is 82.9 Å². The summed E-state index contributed by atoms with van der Waals surface area (Å²) < 4.78 is 29.5. The van der Waals surface area contributed by atoms with Gasteiger partial charge in [-0.15, -0.1) is 0 Å². The molecule has 1 saturated heterocycles. The standard InChI is InChI=1S/C6H11N3O4S/c1-2-8(5-3-4-5)6(7)9-12-14(10,11)13-9/h5,7H,2-4H2,1H3. The van der Waals surface area contributed by atoms with E-state index >= 15 is 0 Å². The van der Waals surface area contributed by atoms with E-state index in [1.807, 2.05) is 6.92 Å². The Morgan fingerprint density at radius 3 is 2.50 bits per heavy atom. The maximum atomic E-state index is 10.5. The van der Waals surface area contributed by atoms with Gasteiger partial charge in [-0.05, 0) is 19.8 Å². The molecule has 0 radical (unpaired) electrons. The van der Waals surface area contributed by atoms with Gasteiger partial charge in [0, 0.05) is 12.6 Å². The fourth-order valence-electron chi connectivity index (χ4n) is 1.31. The van der Waals surface area contributed by atoms with Crippen molar-refractivity contribution in [2.75, 3.05) is 6.54 Å². The van der Waals surface area contributed by atoms with Gasteiger partial charge < -0.3 is 4.90 Å². The summed E-state index contributed by atoms with van der Waals surface area (Å²) in [7, 11) is -3.86. The molecule has 80 valence electrons. The number of hydrogen-bond donors (Lipinski definition) is 1. The van der Waals surface area contributed by atoms with E-state index in [2.05, 4.69) is 8.57 Å². The van der Waals surface area contributed by atoms with Crippen LogP contribution in [0.3, 0.4) is 0 Å². The summed E-state index contributed by atoms with van der Waals surface area (Å²) in [5.41, 5.74) is 0. The summed E-state index contributed by atoms with van der Waals surface area (Å²) in [6.07, 6.45) is 2.05. The van der Waals surface area contributed by atoms with E-state index in [1.54, 1.807) is 4.90 Å². The number of hydroxylamine groups is 2. The third kappa shape index (κ3) is 1.68. The molecule has 0 aromatic rings. The Morgan fingerprint density at radius 1 is 1.57 bits per heavy atom. The van der Waals surface area contributed by atoms with Gasteiger partial charge in [0.05, 0.1) is 0 Å². The predicted molar refractivity (Wildman–Crippen MR) is 46.1 cm³/mol. The van der Waals surface area contributed by atoms with Gasteiger partial charge in [-0.3, -0.25) is 5.41 Å². The highest BCUT2D eigenvalue weighted by molar-refractivity contribution is 7.82. The summed E-state index contributed by atoms with van der Waals surface area (Å²) >= 11 is 0. The van der Waals surface area contributed by atoms with Crippen LogP contribution < -0.4 is 0 Å². The van der Waals surface area contributed by atoms with Gasteiger partial charge in [0.1, 0.15) is 0 Å². The molecule has 0 aromatic heterocycles. The average Bonchev–Trinajstić information content (AvgIpc) is 2.85. The molecule has 1 N–H and O–H groups in total. The van der Waals surface area contributed by atoms with Crippen LogP contribution in [0.15, 0.2) is 0 Å². The van der Waals surface area contributed by atoms with Crippen LogP contribution in [0.4, 0.5) is 0 Å². The van der Waals surface area contributed by atoms with E-state index in [0.29, 0.717) is 17.8 Å². The van der Waals surface area contributed by atoms with Crippen LogP contribution >= 0.6 is 0 Å². The van der Waals surface area contributed by atoms with Gasteiger partial charge in [0.25, 0.3) is 0 Å². The molecule has 1 heterocycles. The van der Waals surface area contributed by atoms with Crippen LogP contribution in [0.2, 0.25) is 0 Å². The smallest absolute Gasteiger partial charge is 0.337 e. The van der Waals surface area contributed by atoms with E-state index < -0.39 is 10.4 Å². The quantitative estimate of drug-likeness (QED) is 0.515. The second kappa shape index (κ2) is 3.07. The molecular weight excluding hydrogens is 210 g/mol. The van der Waals surface area contributed by atoms with E-state index in [1.165, 1.54) is 0 Å². The van der Waals surface area contributed by atoms with Crippen molar-refractivity contribution < 1.29 is 17.0 Å². The van der Waals surface area contributed by atoms with Crippen LogP contribution in [0.1, 0.15) is 19.8 Å². The Morgan fingerprint density at radius 2 is 2.14 bits per heavy atom. The van der Waals surface area contributed by atoms with Crippen LogP contribution in [-0.2, 0) is 19.0 Å². The van der Waals surface area contributed by atoms with E-state index in [0.717, 1.165) is 12.8 Å². The van der Waals surface area contributed by atoms with Crippen molar-refractivity contribution in [1.82, 2.24) is 10.1 Å². The minimum atomic E-state index is -3.86. The molecule has 2 fully saturated rings. The molecule has 0 amide bonds. The second-order valence-corrected chi connectivity index (χ2v) is 4.27. The lowest BCUT2D eigenvalue weighted by Crippen LogP contribution is -2.52. The Labute approximate surface area is 81.9 Å². The molecule has 14 heavy (non-hydrogen) atoms. The van der Waals surface area contributed by atoms with Crippen LogP contribution in [0.5, 0.6) is 0 Å². The Balaban J connectivity index is 1.95. The molecule has 7 nitrogen and oxygen atoms in total. The maximum absolute atomic E-state index is 10.5. The zero-order valence-corrected chi connectivity index (χ0v) is 8.45. The average molecular weight is 221 g/mol. The maximum Gasteiger partial charge on any atom is 0.446 e. The van der Waals surface area contributed by atoms with Gasteiger partial charge in [0.2, 0.25) is 5.96 Å².